The predicted molar refractivity (Wildman–Crippen MR) is 113 cm³/mol. The number of rotatable bonds is 7. The summed E-state index contributed by atoms with van der Waals surface area (Å²) in [7, 11) is 0. The smallest absolute Gasteiger partial charge is 0.255 e. The first-order chi connectivity index (χ1) is 13.2. The molecule has 0 aliphatic heterocycles. The zero-order chi connectivity index (χ0) is 19.2. The minimum atomic E-state index is -0.209. The van der Waals surface area contributed by atoms with E-state index in [2.05, 4.69) is 35.2 Å². The summed E-state index contributed by atoms with van der Waals surface area (Å²) in [5.74, 6) is -0.209. The van der Waals surface area contributed by atoms with Gasteiger partial charge in [0.1, 0.15) is 0 Å². The number of hydrogen-bond donors (Lipinski definition) is 2. The molecule has 3 aromatic rings. The van der Waals surface area contributed by atoms with Crippen molar-refractivity contribution >= 4 is 39.8 Å². The zero-order valence-corrected chi connectivity index (χ0v) is 16.0. The van der Waals surface area contributed by atoms with Gasteiger partial charge in [0.2, 0.25) is 0 Å². The van der Waals surface area contributed by atoms with Gasteiger partial charge in [0.05, 0.1) is 21.8 Å². The Balaban J connectivity index is 2.15. The molecular weight excluding hydrogens is 358 g/mol. The highest BCUT2D eigenvalue weighted by molar-refractivity contribution is 6.35. The SMILES string of the molecule is C=CCNC(=O)c1cnc2c(Cl)cccc2c1Nc1ccccc1CCC. The molecule has 27 heavy (non-hydrogen) atoms. The molecule has 0 unspecified atom stereocenters. The van der Waals surface area contributed by atoms with E-state index in [0.29, 0.717) is 28.3 Å². The molecule has 5 heteroatoms. The Morgan fingerprint density at radius 1 is 1.22 bits per heavy atom. The lowest BCUT2D eigenvalue weighted by Crippen LogP contribution is -2.24. The van der Waals surface area contributed by atoms with E-state index in [9.17, 15) is 4.79 Å². The summed E-state index contributed by atoms with van der Waals surface area (Å²) < 4.78 is 0. The van der Waals surface area contributed by atoms with Crippen LogP contribution in [0.25, 0.3) is 10.9 Å². The third-order valence-electron chi connectivity index (χ3n) is 4.30. The number of aromatic nitrogens is 1. The maximum Gasteiger partial charge on any atom is 0.255 e. The quantitative estimate of drug-likeness (QED) is 0.533. The molecule has 0 atom stereocenters. The molecule has 138 valence electrons. The number of halogens is 1. The number of anilines is 2. The minimum Gasteiger partial charge on any atom is -0.354 e. The van der Waals surface area contributed by atoms with E-state index in [1.807, 2.05) is 30.3 Å². The molecule has 1 amide bonds. The molecule has 0 saturated carbocycles. The van der Waals surface area contributed by atoms with Crippen molar-refractivity contribution in [3.05, 3.63) is 77.5 Å². The fraction of sp³-hybridized carbons (Fsp3) is 0.182. The van der Waals surface area contributed by atoms with E-state index in [1.54, 1.807) is 18.3 Å². The zero-order valence-electron chi connectivity index (χ0n) is 15.3. The van der Waals surface area contributed by atoms with E-state index in [4.69, 9.17) is 11.6 Å². The van der Waals surface area contributed by atoms with Crippen LogP contribution in [0.1, 0.15) is 29.3 Å². The number of aryl methyl sites for hydroxylation is 1. The molecule has 1 heterocycles. The van der Waals surface area contributed by atoms with E-state index >= 15 is 0 Å². The average Bonchev–Trinajstić information content (AvgIpc) is 2.68. The van der Waals surface area contributed by atoms with Crippen molar-refractivity contribution < 1.29 is 4.79 Å². The van der Waals surface area contributed by atoms with Crippen molar-refractivity contribution in [3.8, 4) is 0 Å². The second kappa shape index (κ2) is 8.69. The summed E-state index contributed by atoms with van der Waals surface area (Å²) in [6.07, 6.45) is 5.20. The fourth-order valence-corrected chi connectivity index (χ4v) is 3.24. The second-order valence-electron chi connectivity index (χ2n) is 6.21. The molecule has 3 rings (SSSR count). The molecule has 0 aliphatic rings. The maximum absolute atomic E-state index is 12.7. The van der Waals surface area contributed by atoms with Crippen LogP contribution in [0.5, 0.6) is 0 Å². The number of nitrogens with one attached hydrogen (secondary N) is 2. The number of para-hydroxylation sites is 2. The molecule has 2 aromatic carbocycles. The number of pyridine rings is 1. The normalized spacial score (nSPS) is 10.6. The van der Waals surface area contributed by atoms with E-state index in [1.165, 1.54) is 5.56 Å². The van der Waals surface area contributed by atoms with Crippen LogP contribution in [0.2, 0.25) is 5.02 Å². The summed E-state index contributed by atoms with van der Waals surface area (Å²) in [5.41, 5.74) is 4.01. The monoisotopic (exact) mass is 379 g/mol. The topological polar surface area (TPSA) is 54.0 Å². The first-order valence-electron chi connectivity index (χ1n) is 8.97. The van der Waals surface area contributed by atoms with Gasteiger partial charge in [0.15, 0.2) is 0 Å². The van der Waals surface area contributed by atoms with Crippen molar-refractivity contribution in [1.29, 1.82) is 0 Å². The second-order valence-corrected chi connectivity index (χ2v) is 6.62. The standard InChI is InChI=1S/C22H22ClN3O/c1-3-8-15-9-5-6-12-19(15)26-20-16-10-7-11-18(23)21(16)25-14-17(20)22(27)24-13-4-2/h4-7,9-12,14H,2-3,8,13H2,1H3,(H,24,27)(H,25,26). The van der Waals surface area contributed by atoms with Gasteiger partial charge in [-0.25, -0.2) is 0 Å². The minimum absolute atomic E-state index is 0.209. The maximum atomic E-state index is 12.7. The van der Waals surface area contributed by atoms with Gasteiger partial charge < -0.3 is 10.6 Å². The molecule has 0 bridgehead atoms. The van der Waals surface area contributed by atoms with Gasteiger partial charge >= 0.3 is 0 Å². The van der Waals surface area contributed by atoms with Gasteiger partial charge in [0.25, 0.3) is 5.91 Å². The number of benzene rings is 2. The van der Waals surface area contributed by atoms with E-state index in [-0.39, 0.29) is 5.91 Å². The van der Waals surface area contributed by atoms with Gasteiger partial charge in [-0.1, -0.05) is 61.4 Å². The van der Waals surface area contributed by atoms with Crippen molar-refractivity contribution in [3.63, 3.8) is 0 Å². The summed E-state index contributed by atoms with van der Waals surface area (Å²) >= 11 is 6.32. The molecule has 0 spiro atoms. The number of hydrogen-bond acceptors (Lipinski definition) is 3. The van der Waals surface area contributed by atoms with Crippen molar-refractivity contribution in [2.24, 2.45) is 0 Å². The van der Waals surface area contributed by atoms with Gasteiger partial charge in [-0.3, -0.25) is 9.78 Å². The van der Waals surface area contributed by atoms with Crippen LogP contribution >= 0.6 is 11.6 Å². The summed E-state index contributed by atoms with van der Waals surface area (Å²) in [6, 6.07) is 13.7. The molecule has 0 radical (unpaired) electrons. The molecule has 2 N–H and O–H groups in total. The Morgan fingerprint density at radius 3 is 2.81 bits per heavy atom. The van der Waals surface area contributed by atoms with Crippen LogP contribution in [-0.2, 0) is 6.42 Å². The number of fused-ring (bicyclic) bond motifs is 1. The summed E-state index contributed by atoms with van der Waals surface area (Å²) in [4.78, 5) is 17.1. The Kier molecular flexibility index (Phi) is 6.09. The number of nitrogens with zero attached hydrogens (tertiary/aromatic N) is 1. The lowest BCUT2D eigenvalue weighted by atomic mass is 10.1. The highest BCUT2D eigenvalue weighted by Gasteiger charge is 2.17. The highest BCUT2D eigenvalue weighted by atomic mass is 35.5. The number of carbonyl (C=O) groups is 1. The van der Waals surface area contributed by atoms with Crippen LogP contribution in [-0.4, -0.2) is 17.4 Å². The third kappa shape index (κ3) is 4.12. The molecule has 0 fully saturated rings. The van der Waals surface area contributed by atoms with Crippen LogP contribution in [0.15, 0.2) is 61.3 Å². The van der Waals surface area contributed by atoms with Gasteiger partial charge in [-0.2, -0.15) is 0 Å². The molecule has 4 nitrogen and oxygen atoms in total. The lowest BCUT2D eigenvalue weighted by molar-refractivity contribution is 0.0958. The average molecular weight is 380 g/mol. The Hall–Kier alpha value is -2.85. The van der Waals surface area contributed by atoms with Crippen molar-refractivity contribution in [2.75, 3.05) is 11.9 Å². The largest absolute Gasteiger partial charge is 0.354 e. The highest BCUT2D eigenvalue weighted by Crippen LogP contribution is 2.33. The van der Waals surface area contributed by atoms with E-state index < -0.39 is 0 Å². The Labute approximate surface area is 164 Å². The fourth-order valence-electron chi connectivity index (χ4n) is 3.02. The van der Waals surface area contributed by atoms with Crippen LogP contribution in [0.4, 0.5) is 11.4 Å². The lowest BCUT2D eigenvalue weighted by Gasteiger charge is -2.17. The Morgan fingerprint density at radius 2 is 2.04 bits per heavy atom. The third-order valence-corrected chi connectivity index (χ3v) is 4.60. The van der Waals surface area contributed by atoms with Crippen LogP contribution in [0.3, 0.4) is 0 Å². The Bertz CT molecular complexity index is 984. The van der Waals surface area contributed by atoms with Gasteiger partial charge in [-0.05, 0) is 24.1 Å². The molecule has 1 aromatic heterocycles. The number of amides is 1. The van der Waals surface area contributed by atoms with Crippen LogP contribution in [0, 0.1) is 0 Å². The van der Waals surface area contributed by atoms with Crippen molar-refractivity contribution in [2.45, 2.75) is 19.8 Å². The molecular formula is C22H22ClN3O. The first-order valence-corrected chi connectivity index (χ1v) is 9.34. The number of carbonyl (C=O) groups excluding carboxylic acids is 1. The molecule has 0 saturated heterocycles. The van der Waals surface area contributed by atoms with E-state index in [0.717, 1.165) is 23.9 Å². The van der Waals surface area contributed by atoms with Crippen molar-refractivity contribution in [1.82, 2.24) is 10.3 Å². The van der Waals surface area contributed by atoms with Gasteiger partial charge in [-0.15, -0.1) is 6.58 Å². The van der Waals surface area contributed by atoms with Crippen LogP contribution < -0.4 is 10.6 Å². The van der Waals surface area contributed by atoms with Gasteiger partial charge in [0, 0.05) is 23.8 Å². The summed E-state index contributed by atoms with van der Waals surface area (Å²) in [6.45, 7) is 6.18. The summed E-state index contributed by atoms with van der Waals surface area (Å²) in [5, 5.41) is 7.65. The molecule has 0 aliphatic carbocycles. The first kappa shape index (κ1) is 18.9. The predicted octanol–water partition coefficient (Wildman–Crippen LogP) is 5.50.